The molecule has 5 nitrogen and oxygen atoms in total. The zero-order valence-electron chi connectivity index (χ0n) is 15.7. The fourth-order valence-corrected chi connectivity index (χ4v) is 3.32. The van der Waals surface area contributed by atoms with Crippen LogP contribution < -0.4 is 11.1 Å². The van der Waals surface area contributed by atoms with Crippen molar-refractivity contribution in [3.8, 4) is 0 Å². The number of hydrogen-bond acceptors (Lipinski definition) is 3. The van der Waals surface area contributed by atoms with Crippen LogP contribution in [0.4, 0.5) is 5.69 Å². The molecule has 1 aromatic carbocycles. The number of likely N-dealkylation sites (tertiary alicyclic amines) is 1. The average Bonchev–Trinajstić information content (AvgIpc) is 2.54. The second-order valence-corrected chi connectivity index (χ2v) is 8.27. The molecule has 0 spiro atoms. The molecule has 1 aliphatic heterocycles. The van der Waals surface area contributed by atoms with Crippen LogP contribution in [0.5, 0.6) is 0 Å². The Balaban J connectivity index is 0.00000338. The summed E-state index contributed by atoms with van der Waals surface area (Å²) in [5.74, 6) is -0.196. The van der Waals surface area contributed by atoms with Gasteiger partial charge < -0.3 is 16.0 Å². The lowest BCUT2D eigenvalue weighted by molar-refractivity contribution is -0.117. The van der Waals surface area contributed by atoms with E-state index in [-0.39, 0.29) is 35.7 Å². The Bertz CT molecular complexity index is 644. The third-order valence-electron chi connectivity index (χ3n) is 4.33. The van der Waals surface area contributed by atoms with E-state index in [1.807, 2.05) is 25.7 Å². The molecule has 0 aromatic heterocycles. The third-order valence-corrected chi connectivity index (χ3v) is 4.66. The Labute approximate surface area is 167 Å². The minimum atomic E-state index is -0.118. The van der Waals surface area contributed by atoms with Gasteiger partial charge in [0.1, 0.15) is 0 Å². The molecule has 0 aliphatic carbocycles. The molecule has 1 aromatic rings. The summed E-state index contributed by atoms with van der Waals surface area (Å²) in [5, 5.41) is 3.25. The number of piperidine rings is 1. The summed E-state index contributed by atoms with van der Waals surface area (Å²) >= 11 is 6.25. The molecule has 7 heteroatoms. The first-order chi connectivity index (χ1) is 11.7. The molecule has 2 rings (SSSR count). The summed E-state index contributed by atoms with van der Waals surface area (Å²) in [7, 11) is 0. The Hall–Kier alpha value is -1.30. The van der Waals surface area contributed by atoms with Crippen molar-refractivity contribution in [2.24, 2.45) is 11.1 Å². The van der Waals surface area contributed by atoms with Gasteiger partial charge in [-0.15, -0.1) is 12.4 Å². The average molecular weight is 402 g/mol. The van der Waals surface area contributed by atoms with Crippen LogP contribution in [-0.2, 0) is 4.79 Å². The largest absolute Gasteiger partial charge is 0.334 e. The number of anilines is 1. The van der Waals surface area contributed by atoms with Gasteiger partial charge in [0.15, 0.2) is 0 Å². The number of nitrogens with zero attached hydrogens (tertiary/aromatic N) is 1. The van der Waals surface area contributed by atoms with Crippen LogP contribution in [0.3, 0.4) is 0 Å². The van der Waals surface area contributed by atoms with Crippen LogP contribution in [0.25, 0.3) is 0 Å². The van der Waals surface area contributed by atoms with Crippen LogP contribution in [0.1, 0.15) is 56.8 Å². The maximum atomic E-state index is 12.9. The highest BCUT2D eigenvalue weighted by Crippen LogP contribution is 2.26. The van der Waals surface area contributed by atoms with E-state index in [9.17, 15) is 9.59 Å². The van der Waals surface area contributed by atoms with E-state index >= 15 is 0 Å². The molecule has 1 fully saturated rings. The monoisotopic (exact) mass is 401 g/mol. The Morgan fingerprint density at radius 1 is 1.31 bits per heavy atom. The molecule has 1 unspecified atom stereocenters. The number of rotatable bonds is 4. The van der Waals surface area contributed by atoms with Crippen molar-refractivity contribution in [2.75, 3.05) is 18.4 Å². The number of halogens is 2. The van der Waals surface area contributed by atoms with E-state index in [0.717, 1.165) is 19.3 Å². The van der Waals surface area contributed by atoms with Gasteiger partial charge in [0.2, 0.25) is 5.91 Å². The second kappa shape index (κ2) is 9.58. The topological polar surface area (TPSA) is 75.4 Å². The van der Waals surface area contributed by atoms with E-state index in [0.29, 0.717) is 35.8 Å². The lowest BCUT2D eigenvalue weighted by Gasteiger charge is -2.35. The van der Waals surface area contributed by atoms with Crippen molar-refractivity contribution >= 4 is 41.5 Å². The molecule has 0 radical (unpaired) electrons. The number of carbonyl (C=O) groups is 2. The number of carbonyl (C=O) groups excluding carboxylic acids is 2. The van der Waals surface area contributed by atoms with Crippen LogP contribution >= 0.6 is 24.0 Å². The molecule has 1 saturated heterocycles. The van der Waals surface area contributed by atoms with Gasteiger partial charge in [0.25, 0.3) is 5.91 Å². The quantitative estimate of drug-likeness (QED) is 0.797. The van der Waals surface area contributed by atoms with Gasteiger partial charge in [-0.25, -0.2) is 0 Å². The fourth-order valence-electron chi connectivity index (χ4n) is 3.12. The molecule has 1 aliphatic rings. The third kappa shape index (κ3) is 6.15. The number of hydrogen-bond donors (Lipinski definition) is 2. The zero-order chi connectivity index (χ0) is 18.6. The van der Waals surface area contributed by atoms with Crippen LogP contribution in [-0.4, -0.2) is 35.8 Å². The maximum Gasteiger partial charge on any atom is 0.255 e. The Kier molecular flexibility index (Phi) is 8.38. The first-order valence-corrected chi connectivity index (χ1v) is 9.19. The first kappa shape index (κ1) is 22.7. The predicted molar refractivity (Wildman–Crippen MR) is 109 cm³/mol. The predicted octanol–water partition coefficient (Wildman–Crippen LogP) is 4.09. The minimum Gasteiger partial charge on any atom is -0.334 e. The van der Waals surface area contributed by atoms with Gasteiger partial charge in [0, 0.05) is 31.2 Å². The number of amides is 2. The molecule has 2 amide bonds. The van der Waals surface area contributed by atoms with Gasteiger partial charge in [0.05, 0.1) is 10.6 Å². The van der Waals surface area contributed by atoms with Crippen LogP contribution in [0.15, 0.2) is 18.2 Å². The minimum absolute atomic E-state index is 0. The van der Waals surface area contributed by atoms with E-state index < -0.39 is 0 Å². The van der Waals surface area contributed by atoms with E-state index in [2.05, 4.69) is 5.32 Å². The van der Waals surface area contributed by atoms with Gasteiger partial charge in [-0.1, -0.05) is 32.4 Å². The first-order valence-electron chi connectivity index (χ1n) is 8.82. The lowest BCUT2D eigenvalue weighted by atomic mass is 9.92. The summed E-state index contributed by atoms with van der Waals surface area (Å²) in [4.78, 5) is 26.9. The summed E-state index contributed by atoms with van der Waals surface area (Å²) in [6.07, 6.45) is 3.38. The Morgan fingerprint density at radius 3 is 2.62 bits per heavy atom. The zero-order valence-corrected chi connectivity index (χ0v) is 17.3. The highest BCUT2D eigenvalue weighted by molar-refractivity contribution is 6.34. The molecular formula is C19H29Cl2N3O2. The van der Waals surface area contributed by atoms with Crippen molar-refractivity contribution in [1.29, 1.82) is 0 Å². The van der Waals surface area contributed by atoms with Crippen LogP contribution in [0, 0.1) is 5.41 Å². The van der Waals surface area contributed by atoms with Crippen molar-refractivity contribution in [3.05, 3.63) is 28.8 Å². The van der Waals surface area contributed by atoms with Gasteiger partial charge in [-0.05, 0) is 42.9 Å². The van der Waals surface area contributed by atoms with Gasteiger partial charge in [-0.3, -0.25) is 9.59 Å². The van der Waals surface area contributed by atoms with Crippen molar-refractivity contribution < 1.29 is 9.59 Å². The lowest BCUT2D eigenvalue weighted by Crippen LogP contribution is -2.47. The number of nitrogens with two attached hydrogens (primary N) is 1. The SMILES string of the molecule is CC(C)(C)CC(=O)Nc1ccc(Cl)c(C(=O)N2CCCCC2CN)c1.Cl. The van der Waals surface area contributed by atoms with Crippen LogP contribution in [0.2, 0.25) is 5.02 Å². The summed E-state index contributed by atoms with van der Waals surface area (Å²) < 4.78 is 0. The molecule has 26 heavy (non-hydrogen) atoms. The van der Waals surface area contributed by atoms with E-state index in [4.69, 9.17) is 17.3 Å². The standard InChI is InChI=1S/C19H28ClN3O2.ClH/c1-19(2,3)11-17(24)22-13-7-8-16(20)15(10-13)18(25)23-9-5-4-6-14(23)12-21;/h7-8,10,14H,4-6,9,11-12,21H2,1-3H3,(H,22,24);1H. The van der Waals surface area contributed by atoms with Gasteiger partial charge >= 0.3 is 0 Å². The smallest absolute Gasteiger partial charge is 0.255 e. The van der Waals surface area contributed by atoms with Gasteiger partial charge in [-0.2, -0.15) is 0 Å². The highest BCUT2D eigenvalue weighted by Gasteiger charge is 2.28. The molecule has 0 bridgehead atoms. The summed E-state index contributed by atoms with van der Waals surface area (Å²) in [6, 6.07) is 5.09. The fraction of sp³-hybridized carbons (Fsp3) is 0.579. The maximum absolute atomic E-state index is 12.9. The molecule has 146 valence electrons. The normalized spacial score (nSPS) is 17.4. The van der Waals surface area contributed by atoms with Crippen molar-refractivity contribution in [1.82, 2.24) is 4.90 Å². The molecular weight excluding hydrogens is 373 g/mol. The highest BCUT2D eigenvalue weighted by atomic mass is 35.5. The molecule has 1 heterocycles. The van der Waals surface area contributed by atoms with E-state index in [1.54, 1.807) is 18.2 Å². The van der Waals surface area contributed by atoms with Crippen molar-refractivity contribution in [3.63, 3.8) is 0 Å². The Morgan fingerprint density at radius 2 is 2.00 bits per heavy atom. The number of benzene rings is 1. The molecule has 3 N–H and O–H groups in total. The summed E-state index contributed by atoms with van der Waals surface area (Å²) in [6.45, 7) is 7.16. The van der Waals surface area contributed by atoms with Crippen molar-refractivity contribution in [2.45, 2.75) is 52.5 Å². The second-order valence-electron chi connectivity index (χ2n) is 7.86. The van der Waals surface area contributed by atoms with E-state index in [1.165, 1.54) is 0 Å². The summed E-state index contributed by atoms with van der Waals surface area (Å²) in [5.41, 5.74) is 6.72. The molecule has 0 saturated carbocycles. The number of nitrogens with one attached hydrogen (secondary N) is 1. The molecule has 1 atom stereocenters.